The Bertz CT molecular complexity index is 414. The summed E-state index contributed by atoms with van der Waals surface area (Å²) in [5.74, 6) is -0.480. The summed E-state index contributed by atoms with van der Waals surface area (Å²) < 4.78 is 32.9. The van der Waals surface area contributed by atoms with Crippen molar-refractivity contribution in [3.05, 3.63) is 0 Å². The first-order valence-corrected chi connectivity index (χ1v) is 7.73. The van der Waals surface area contributed by atoms with Gasteiger partial charge in [0.25, 0.3) is 10.2 Å². The molecule has 0 atom stereocenters. The van der Waals surface area contributed by atoms with Gasteiger partial charge in [-0.3, -0.25) is 4.79 Å². The molecule has 8 heteroatoms. The van der Waals surface area contributed by atoms with Gasteiger partial charge in [-0.25, -0.2) is 0 Å². The first-order valence-electron chi connectivity index (χ1n) is 6.29. The van der Waals surface area contributed by atoms with Crippen molar-refractivity contribution >= 4 is 16.2 Å². The lowest BCUT2D eigenvalue weighted by molar-refractivity contribution is -0.146. The van der Waals surface area contributed by atoms with E-state index in [1.54, 1.807) is 13.8 Å². The van der Waals surface area contributed by atoms with Gasteiger partial charge in [-0.2, -0.15) is 17.4 Å². The molecule has 0 aromatic carbocycles. The van der Waals surface area contributed by atoms with Crippen LogP contribution >= 0.6 is 0 Å². The normalized spacial score (nSPS) is 19.4. The zero-order valence-electron chi connectivity index (χ0n) is 11.7. The Kier molecular flexibility index (Phi) is 5.31. The number of nitrogens with zero attached hydrogens (tertiary/aromatic N) is 1. The van der Waals surface area contributed by atoms with Gasteiger partial charge in [-0.05, 0) is 26.7 Å². The number of nitrogens with one attached hydrogen (secondary N) is 1. The number of rotatable bonds is 5. The van der Waals surface area contributed by atoms with Crippen molar-refractivity contribution in [1.29, 1.82) is 0 Å². The predicted molar refractivity (Wildman–Crippen MR) is 71.5 cm³/mol. The molecule has 1 fully saturated rings. The van der Waals surface area contributed by atoms with E-state index in [2.05, 4.69) is 9.46 Å². The maximum Gasteiger partial charge on any atom is 0.308 e. The summed E-state index contributed by atoms with van der Waals surface area (Å²) in [5, 5.41) is 0. The van der Waals surface area contributed by atoms with Crippen LogP contribution in [-0.2, 0) is 19.7 Å². The van der Waals surface area contributed by atoms with Crippen LogP contribution in [0.2, 0.25) is 0 Å². The number of piperidine rings is 1. The monoisotopic (exact) mass is 293 g/mol. The van der Waals surface area contributed by atoms with Crippen LogP contribution < -0.4 is 10.5 Å². The van der Waals surface area contributed by atoms with E-state index in [0.717, 1.165) is 0 Å². The summed E-state index contributed by atoms with van der Waals surface area (Å²) in [6.07, 6.45) is 0.966. The van der Waals surface area contributed by atoms with Crippen LogP contribution in [0.15, 0.2) is 0 Å². The summed E-state index contributed by atoms with van der Waals surface area (Å²) in [5.41, 5.74) is 4.83. The molecule has 0 saturated carbocycles. The molecule has 1 saturated heterocycles. The lowest BCUT2D eigenvalue weighted by atomic mass is 9.99. The largest absolute Gasteiger partial charge is 0.469 e. The Morgan fingerprint density at radius 2 is 1.95 bits per heavy atom. The molecule has 1 rings (SSSR count). The quantitative estimate of drug-likeness (QED) is 0.662. The van der Waals surface area contributed by atoms with Crippen LogP contribution in [0.25, 0.3) is 0 Å². The zero-order chi connectivity index (χ0) is 14.7. The number of nitrogens with two attached hydrogens (primary N) is 1. The van der Waals surface area contributed by atoms with Crippen molar-refractivity contribution in [2.75, 3.05) is 26.7 Å². The smallest absolute Gasteiger partial charge is 0.308 e. The van der Waals surface area contributed by atoms with Crippen LogP contribution in [0.4, 0.5) is 0 Å². The highest BCUT2D eigenvalue weighted by atomic mass is 32.2. The van der Waals surface area contributed by atoms with Crippen LogP contribution in [0, 0.1) is 5.92 Å². The molecule has 1 heterocycles. The first-order chi connectivity index (χ1) is 8.72. The number of methoxy groups -OCH3 is 1. The molecule has 1 aliphatic heterocycles. The molecule has 0 amide bonds. The molecule has 0 spiro atoms. The lowest BCUT2D eigenvalue weighted by Crippen LogP contribution is -2.55. The van der Waals surface area contributed by atoms with Gasteiger partial charge in [0.15, 0.2) is 0 Å². The standard InChI is InChI=1S/C11H23N3O4S/c1-11(2,8-12)13-19(16,17)14-6-4-9(5-7-14)10(15)18-3/h9,13H,4-8,12H2,1-3H3. The van der Waals surface area contributed by atoms with Gasteiger partial charge in [0.05, 0.1) is 13.0 Å². The molecule has 0 aliphatic carbocycles. The van der Waals surface area contributed by atoms with Gasteiger partial charge in [-0.1, -0.05) is 0 Å². The molecule has 7 nitrogen and oxygen atoms in total. The maximum atomic E-state index is 12.1. The van der Waals surface area contributed by atoms with Gasteiger partial charge < -0.3 is 10.5 Å². The van der Waals surface area contributed by atoms with Gasteiger partial charge in [0.1, 0.15) is 0 Å². The minimum absolute atomic E-state index is 0.209. The fourth-order valence-corrected chi connectivity index (χ4v) is 3.56. The van der Waals surface area contributed by atoms with E-state index < -0.39 is 15.7 Å². The molecule has 0 aromatic rings. The minimum atomic E-state index is -3.56. The van der Waals surface area contributed by atoms with E-state index in [-0.39, 0.29) is 18.4 Å². The molecule has 19 heavy (non-hydrogen) atoms. The number of carbonyl (C=O) groups is 1. The highest BCUT2D eigenvalue weighted by molar-refractivity contribution is 7.87. The van der Waals surface area contributed by atoms with E-state index in [0.29, 0.717) is 25.9 Å². The molecule has 0 aromatic heterocycles. The number of hydrogen-bond acceptors (Lipinski definition) is 5. The van der Waals surface area contributed by atoms with Crippen molar-refractivity contribution in [3.63, 3.8) is 0 Å². The van der Waals surface area contributed by atoms with Gasteiger partial charge in [0, 0.05) is 25.2 Å². The van der Waals surface area contributed by atoms with Gasteiger partial charge in [-0.15, -0.1) is 0 Å². The van der Waals surface area contributed by atoms with Crippen LogP contribution in [-0.4, -0.2) is 51.0 Å². The highest BCUT2D eigenvalue weighted by Crippen LogP contribution is 2.20. The highest BCUT2D eigenvalue weighted by Gasteiger charge is 2.34. The second-order valence-corrected chi connectivity index (χ2v) is 7.06. The summed E-state index contributed by atoms with van der Waals surface area (Å²) in [4.78, 5) is 11.4. The van der Waals surface area contributed by atoms with E-state index in [9.17, 15) is 13.2 Å². The molecule has 0 bridgehead atoms. The van der Waals surface area contributed by atoms with Crippen molar-refractivity contribution in [2.24, 2.45) is 11.7 Å². The van der Waals surface area contributed by atoms with Crippen molar-refractivity contribution < 1.29 is 17.9 Å². The molecule has 0 radical (unpaired) electrons. The molecular weight excluding hydrogens is 270 g/mol. The van der Waals surface area contributed by atoms with E-state index in [1.807, 2.05) is 0 Å². The van der Waals surface area contributed by atoms with E-state index >= 15 is 0 Å². The van der Waals surface area contributed by atoms with Crippen LogP contribution in [0.3, 0.4) is 0 Å². The second-order valence-electron chi connectivity index (χ2n) is 5.39. The lowest BCUT2D eigenvalue weighted by Gasteiger charge is -2.33. The predicted octanol–water partition coefficient (Wildman–Crippen LogP) is -0.557. The molecular formula is C11H23N3O4S. The van der Waals surface area contributed by atoms with Crippen LogP contribution in [0.5, 0.6) is 0 Å². The Balaban J connectivity index is 2.62. The summed E-state index contributed by atoms with van der Waals surface area (Å²) >= 11 is 0. The average Bonchev–Trinajstić information content (AvgIpc) is 2.37. The molecule has 1 aliphatic rings. The second kappa shape index (κ2) is 6.17. The average molecular weight is 293 g/mol. The van der Waals surface area contributed by atoms with Crippen molar-refractivity contribution in [1.82, 2.24) is 9.03 Å². The van der Waals surface area contributed by atoms with Gasteiger partial charge in [0.2, 0.25) is 0 Å². The van der Waals surface area contributed by atoms with Crippen LogP contribution in [0.1, 0.15) is 26.7 Å². The fourth-order valence-electron chi connectivity index (χ4n) is 1.95. The Morgan fingerprint density at radius 3 is 2.37 bits per heavy atom. The topological polar surface area (TPSA) is 102 Å². The molecule has 0 unspecified atom stereocenters. The molecule has 112 valence electrons. The SMILES string of the molecule is COC(=O)C1CCN(S(=O)(=O)NC(C)(C)CN)CC1. The fraction of sp³-hybridized carbons (Fsp3) is 0.909. The van der Waals surface area contributed by atoms with E-state index in [4.69, 9.17) is 5.73 Å². The first kappa shape index (κ1) is 16.4. The summed E-state index contributed by atoms with van der Waals surface area (Å²) in [7, 11) is -2.21. The number of carbonyl (C=O) groups excluding carboxylic acids is 1. The zero-order valence-corrected chi connectivity index (χ0v) is 12.5. The van der Waals surface area contributed by atoms with E-state index in [1.165, 1.54) is 11.4 Å². The number of hydrogen-bond donors (Lipinski definition) is 2. The number of esters is 1. The maximum absolute atomic E-state index is 12.1. The summed E-state index contributed by atoms with van der Waals surface area (Å²) in [6, 6.07) is 0. The van der Waals surface area contributed by atoms with Crippen molar-refractivity contribution in [2.45, 2.75) is 32.2 Å². The summed E-state index contributed by atoms with van der Waals surface area (Å²) in [6.45, 7) is 4.30. The third-order valence-electron chi connectivity index (χ3n) is 3.24. The Hall–Kier alpha value is -0.700. The van der Waals surface area contributed by atoms with Crippen molar-refractivity contribution in [3.8, 4) is 0 Å². The third-order valence-corrected chi connectivity index (χ3v) is 5.10. The Morgan fingerprint density at radius 1 is 1.42 bits per heavy atom. The minimum Gasteiger partial charge on any atom is -0.469 e. The molecule has 3 N–H and O–H groups in total. The number of ether oxygens (including phenoxy) is 1. The Labute approximate surface area is 114 Å². The third kappa shape index (κ3) is 4.41. The van der Waals surface area contributed by atoms with Gasteiger partial charge >= 0.3 is 5.97 Å².